The fourth-order valence-corrected chi connectivity index (χ4v) is 4.10. The van der Waals surface area contributed by atoms with E-state index in [4.69, 9.17) is 5.73 Å². The lowest BCUT2D eigenvalue weighted by Crippen LogP contribution is -2.43. The second-order valence-corrected chi connectivity index (χ2v) is 7.75. The molecule has 2 saturated heterocycles. The summed E-state index contributed by atoms with van der Waals surface area (Å²) in [4.78, 5) is 29.7. The van der Waals surface area contributed by atoms with Crippen LogP contribution < -0.4 is 5.73 Å². The molecular weight excluding hydrogens is 373 g/mol. The van der Waals surface area contributed by atoms with Gasteiger partial charge < -0.3 is 14.7 Å². The number of urea groups is 1. The molecule has 2 heterocycles. The molecule has 1 aromatic rings. The zero-order chi connectivity index (χ0) is 20.6. The largest absolute Gasteiger partial charge is 0.338 e. The molecular formula is C19H24F3N4O2. The lowest BCUT2D eigenvalue weighted by atomic mass is 10.0. The van der Waals surface area contributed by atoms with Gasteiger partial charge in [0.2, 0.25) is 5.91 Å². The summed E-state index contributed by atoms with van der Waals surface area (Å²) in [6.45, 7) is 1.65. The molecule has 2 aliphatic heterocycles. The minimum absolute atomic E-state index is 0.0661. The summed E-state index contributed by atoms with van der Waals surface area (Å²) in [7, 11) is 3.36. The van der Waals surface area contributed by atoms with Crippen molar-refractivity contribution in [1.82, 2.24) is 20.4 Å². The van der Waals surface area contributed by atoms with Crippen LogP contribution in [-0.4, -0.2) is 72.5 Å². The van der Waals surface area contributed by atoms with Crippen LogP contribution in [0.5, 0.6) is 0 Å². The van der Waals surface area contributed by atoms with Crippen molar-refractivity contribution in [1.29, 1.82) is 0 Å². The van der Waals surface area contributed by atoms with Crippen LogP contribution in [0, 0.1) is 23.4 Å². The van der Waals surface area contributed by atoms with E-state index in [1.807, 2.05) is 0 Å². The van der Waals surface area contributed by atoms with Crippen molar-refractivity contribution in [2.24, 2.45) is 5.92 Å². The van der Waals surface area contributed by atoms with Gasteiger partial charge in [0, 0.05) is 58.2 Å². The monoisotopic (exact) mass is 397 g/mol. The molecule has 0 aliphatic carbocycles. The van der Waals surface area contributed by atoms with Crippen molar-refractivity contribution in [3.8, 4) is 0 Å². The average Bonchev–Trinajstić information content (AvgIpc) is 3.19. The smallest absolute Gasteiger partial charge is 0.319 e. The van der Waals surface area contributed by atoms with Crippen LogP contribution in [0.2, 0.25) is 0 Å². The average molecular weight is 397 g/mol. The van der Waals surface area contributed by atoms with E-state index in [2.05, 4.69) is 0 Å². The predicted octanol–water partition coefficient (Wildman–Crippen LogP) is 1.90. The number of halogens is 3. The molecule has 0 unspecified atom stereocenters. The summed E-state index contributed by atoms with van der Waals surface area (Å²) in [6.07, 6.45) is 0.485. The number of hydrogen-bond acceptors (Lipinski definition) is 2. The van der Waals surface area contributed by atoms with E-state index < -0.39 is 23.5 Å². The number of likely N-dealkylation sites (tertiary alicyclic amines) is 2. The van der Waals surface area contributed by atoms with Gasteiger partial charge in [-0.2, -0.15) is 0 Å². The zero-order valence-corrected chi connectivity index (χ0v) is 15.9. The summed E-state index contributed by atoms with van der Waals surface area (Å²) in [5, 5.41) is 0. The van der Waals surface area contributed by atoms with Crippen molar-refractivity contribution in [2.45, 2.75) is 31.3 Å². The summed E-state index contributed by atoms with van der Waals surface area (Å²) in [6, 6.07) is 0.0769. The Morgan fingerprint density at radius 3 is 2.54 bits per heavy atom. The van der Waals surface area contributed by atoms with Gasteiger partial charge in [-0.15, -0.1) is 0 Å². The van der Waals surface area contributed by atoms with Gasteiger partial charge in [-0.1, -0.05) is 0 Å². The molecule has 0 saturated carbocycles. The Hall–Kier alpha value is -2.29. The number of carbonyl (C=O) groups is 2. The zero-order valence-electron chi connectivity index (χ0n) is 15.9. The van der Waals surface area contributed by atoms with Crippen LogP contribution in [0.1, 0.15) is 18.4 Å². The van der Waals surface area contributed by atoms with Gasteiger partial charge in [-0.25, -0.2) is 18.0 Å². The topological polar surface area (TPSA) is 67.7 Å². The molecule has 3 amide bonds. The highest BCUT2D eigenvalue weighted by Gasteiger charge is 2.44. The molecule has 28 heavy (non-hydrogen) atoms. The molecule has 1 radical (unpaired) electrons. The summed E-state index contributed by atoms with van der Waals surface area (Å²) in [5.41, 5.74) is 7.96. The van der Waals surface area contributed by atoms with Crippen molar-refractivity contribution >= 4 is 11.9 Å². The Balaban J connectivity index is 1.59. The summed E-state index contributed by atoms with van der Waals surface area (Å²) < 4.78 is 40.1. The highest BCUT2D eigenvalue weighted by Crippen LogP contribution is 2.32. The van der Waals surface area contributed by atoms with Gasteiger partial charge >= 0.3 is 6.03 Å². The molecule has 153 valence electrons. The third-order valence-corrected chi connectivity index (χ3v) is 5.50. The van der Waals surface area contributed by atoms with Gasteiger partial charge in [-0.05, 0) is 24.5 Å². The lowest BCUT2D eigenvalue weighted by molar-refractivity contribution is -0.132. The molecule has 2 fully saturated rings. The lowest BCUT2D eigenvalue weighted by Gasteiger charge is -2.27. The van der Waals surface area contributed by atoms with Crippen LogP contribution in [0.25, 0.3) is 0 Å². The highest BCUT2D eigenvalue weighted by molar-refractivity contribution is 5.78. The molecule has 1 N–H and O–H groups in total. The Kier molecular flexibility index (Phi) is 5.83. The van der Waals surface area contributed by atoms with Gasteiger partial charge in [0.1, 0.15) is 5.82 Å². The molecule has 0 aromatic heterocycles. The number of benzene rings is 1. The third kappa shape index (κ3) is 4.09. The van der Waals surface area contributed by atoms with Crippen molar-refractivity contribution in [3.63, 3.8) is 0 Å². The number of fused-ring (bicyclic) bond motifs is 1. The van der Waals surface area contributed by atoms with E-state index >= 15 is 0 Å². The fraction of sp³-hybridized carbons (Fsp3) is 0.579. The first-order chi connectivity index (χ1) is 13.2. The number of rotatable bonds is 4. The molecule has 0 spiro atoms. The number of nitrogens with one attached hydrogen (secondary N) is 1. The number of amides is 3. The third-order valence-electron chi connectivity index (χ3n) is 5.50. The van der Waals surface area contributed by atoms with Crippen LogP contribution in [-0.2, 0) is 11.2 Å². The number of nitrogens with zero attached hydrogens (tertiary/aromatic N) is 3. The second-order valence-electron chi connectivity index (χ2n) is 7.75. The van der Waals surface area contributed by atoms with Crippen molar-refractivity contribution in [3.05, 3.63) is 35.1 Å². The Morgan fingerprint density at radius 2 is 1.86 bits per heavy atom. The van der Waals surface area contributed by atoms with Crippen molar-refractivity contribution in [2.75, 3.05) is 33.7 Å². The van der Waals surface area contributed by atoms with Gasteiger partial charge in [-0.3, -0.25) is 10.5 Å². The van der Waals surface area contributed by atoms with Gasteiger partial charge in [0.05, 0.1) is 6.04 Å². The minimum atomic E-state index is -1.28. The van der Waals surface area contributed by atoms with Gasteiger partial charge in [0.15, 0.2) is 11.6 Å². The Bertz CT molecular complexity index is 774. The first-order valence-corrected chi connectivity index (χ1v) is 9.27. The first kappa shape index (κ1) is 20.4. The normalized spacial score (nSPS) is 22.4. The van der Waals surface area contributed by atoms with E-state index in [9.17, 15) is 22.8 Å². The van der Waals surface area contributed by atoms with E-state index in [0.717, 1.165) is 12.5 Å². The first-order valence-electron chi connectivity index (χ1n) is 9.27. The fourth-order valence-electron chi connectivity index (χ4n) is 4.10. The van der Waals surface area contributed by atoms with E-state index in [1.165, 1.54) is 4.90 Å². The van der Waals surface area contributed by atoms with Gasteiger partial charge in [0.25, 0.3) is 0 Å². The van der Waals surface area contributed by atoms with Crippen LogP contribution in [0.4, 0.5) is 18.0 Å². The Morgan fingerprint density at radius 1 is 1.18 bits per heavy atom. The molecule has 6 nitrogen and oxygen atoms in total. The quantitative estimate of drug-likeness (QED) is 0.729. The van der Waals surface area contributed by atoms with Crippen molar-refractivity contribution < 1.29 is 22.8 Å². The predicted molar refractivity (Wildman–Crippen MR) is 95.8 cm³/mol. The summed E-state index contributed by atoms with van der Waals surface area (Å²) >= 11 is 0. The van der Waals surface area contributed by atoms with Crippen LogP contribution in [0.3, 0.4) is 0 Å². The maximum atomic E-state index is 13.8. The molecule has 2 aliphatic rings. The van der Waals surface area contributed by atoms with Crippen LogP contribution in [0.15, 0.2) is 12.1 Å². The standard InChI is InChI=1S/C19H24F3N4O2/c1-24(2)19(28)25-9-11-3-4-26(17(11)10-25)18(27)7-13(23)5-12-6-15(21)16(22)8-14(12)20/h6,8,11,13,17,23H,3-5,7,9-10H2,1-2H3/t11-,13+,17+/m0/s1. The molecule has 9 heteroatoms. The molecule has 3 rings (SSSR count). The number of carbonyl (C=O) groups excluding carboxylic acids is 2. The Labute approximate surface area is 162 Å². The molecule has 0 bridgehead atoms. The second kappa shape index (κ2) is 7.98. The molecule has 3 atom stereocenters. The SMILES string of the molecule is CN(C)C(=O)N1C[C@@H]2CCN(C(=O)C[C@H]([NH])Cc3cc(F)c(F)cc3F)[C@@H]2C1. The highest BCUT2D eigenvalue weighted by atomic mass is 19.2. The van der Waals surface area contributed by atoms with E-state index in [1.54, 1.807) is 23.9 Å². The molecule has 1 aromatic carbocycles. The van der Waals surface area contributed by atoms with E-state index in [0.29, 0.717) is 25.7 Å². The van der Waals surface area contributed by atoms with Crippen LogP contribution >= 0.6 is 0 Å². The minimum Gasteiger partial charge on any atom is -0.338 e. The summed E-state index contributed by atoms with van der Waals surface area (Å²) in [5.74, 6) is -3.37. The maximum Gasteiger partial charge on any atom is 0.319 e. The number of hydrogen-bond donors (Lipinski definition) is 0. The van der Waals surface area contributed by atoms with E-state index in [-0.39, 0.29) is 42.3 Å². The maximum absolute atomic E-state index is 13.8.